The summed E-state index contributed by atoms with van der Waals surface area (Å²) in [4.78, 5) is 11.6. The highest BCUT2D eigenvalue weighted by atomic mass is 35.5. The van der Waals surface area contributed by atoms with Gasteiger partial charge in [0.2, 0.25) is 5.91 Å². The summed E-state index contributed by atoms with van der Waals surface area (Å²) in [5.41, 5.74) is 0.655. The normalized spacial score (nSPS) is 9.61. The van der Waals surface area contributed by atoms with Gasteiger partial charge in [0.1, 0.15) is 24.7 Å². The van der Waals surface area contributed by atoms with Gasteiger partial charge < -0.3 is 20.1 Å². The Labute approximate surface area is 142 Å². The molecule has 0 atom stereocenters. The summed E-state index contributed by atoms with van der Waals surface area (Å²) in [6, 6.07) is 16.9. The average Bonchev–Trinajstić information content (AvgIpc) is 2.54. The van der Waals surface area contributed by atoms with E-state index >= 15 is 0 Å². The molecule has 0 heterocycles. The number of para-hydroxylation sites is 3. The molecule has 1 amide bonds. The van der Waals surface area contributed by atoms with E-state index in [2.05, 4.69) is 10.6 Å². The minimum absolute atomic E-state index is 0. The van der Waals surface area contributed by atoms with Gasteiger partial charge in [-0.25, -0.2) is 0 Å². The van der Waals surface area contributed by atoms with Gasteiger partial charge in [-0.1, -0.05) is 30.3 Å². The molecule has 0 spiro atoms. The van der Waals surface area contributed by atoms with E-state index in [1.54, 1.807) is 13.1 Å². The fourth-order valence-electron chi connectivity index (χ4n) is 1.88. The molecule has 6 heteroatoms. The Kier molecular flexibility index (Phi) is 8.57. The van der Waals surface area contributed by atoms with Gasteiger partial charge in [0, 0.05) is 0 Å². The molecule has 0 saturated carbocycles. The quantitative estimate of drug-likeness (QED) is 0.728. The second kappa shape index (κ2) is 10.5. The lowest BCUT2D eigenvalue weighted by molar-refractivity contribution is -0.115. The average molecular weight is 337 g/mol. The Hall–Kier alpha value is -2.24. The van der Waals surface area contributed by atoms with Crippen LogP contribution in [-0.2, 0) is 4.79 Å². The Morgan fingerprint density at radius 2 is 1.61 bits per heavy atom. The van der Waals surface area contributed by atoms with Crippen molar-refractivity contribution in [2.75, 3.05) is 32.1 Å². The molecule has 0 aromatic heterocycles. The van der Waals surface area contributed by atoms with Crippen LogP contribution in [0.3, 0.4) is 0 Å². The molecule has 2 aromatic carbocycles. The summed E-state index contributed by atoms with van der Waals surface area (Å²) < 4.78 is 11.2. The van der Waals surface area contributed by atoms with Gasteiger partial charge in [-0.3, -0.25) is 4.79 Å². The van der Waals surface area contributed by atoms with E-state index < -0.39 is 0 Å². The van der Waals surface area contributed by atoms with E-state index in [1.165, 1.54) is 0 Å². The van der Waals surface area contributed by atoms with E-state index in [0.29, 0.717) is 24.7 Å². The first-order valence-corrected chi connectivity index (χ1v) is 7.13. The third-order valence-electron chi connectivity index (χ3n) is 2.85. The maximum Gasteiger partial charge on any atom is 0.238 e. The van der Waals surface area contributed by atoms with Crippen molar-refractivity contribution in [2.24, 2.45) is 0 Å². The lowest BCUT2D eigenvalue weighted by Crippen LogP contribution is -2.25. The lowest BCUT2D eigenvalue weighted by atomic mass is 10.3. The fraction of sp³-hybridized carbons (Fsp3) is 0.235. The summed E-state index contributed by atoms with van der Waals surface area (Å²) in [5, 5.41) is 5.61. The molecular formula is C17H21ClN2O3. The molecule has 0 radical (unpaired) electrons. The standard InChI is InChI=1S/C17H20N2O3.ClH/c1-18-13-17(20)19-15-9-5-6-10-16(15)22-12-11-21-14-7-3-2-4-8-14;/h2-10,18H,11-13H2,1H3,(H,19,20);1H. The van der Waals surface area contributed by atoms with Crippen LogP contribution in [-0.4, -0.2) is 32.7 Å². The molecule has 0 saturated heterocycles. The molecule has 0 unspecified atom stereocenters. The fourth-order valence-corrected chi connectivity index (χ4v) is 1.88. The Bertz CT molecular complexity index is 593. The molecule has 2 N–H and O–H groups in total. The number of hydrogen-bond acceptors (Lipinski definition) is 4. The highest BCUT2D eigenvalue weighted by Gasteiger charge is 2.06. The third kappa shape index (κ3) is 6.59. The molecule has 124 valence electrons. The number of carbonyl (C=O) groups is 1. The molecule has 5 nitrogen and oxygen atoms in total. The number of ether oxygens (including phenoxy) is 2. The first-order chi connectivity index (χ1) is 10.8. The highest BCUT2D eigenvalue weighted by molar-refractivity contribution is 5.93. The smallest absolute Gasteiger partial charge is 0.238 e. The van der Waals surface area contributed by atoms with Gasteiger partial charge in [-0.2, -0.15) is 0 Å². The van der Waals surface area contributed by atoms with Crippen LogP contribution in [0.4, 0.5) is 5.69 Å². The van der Waals surface area contributed by atoms with Gasteiger partial charge in [-0.15, -0.1) is 12.4 Å². The van der Waals surface area contributed by atoms with Crippen LogP contribution in [0.15, 0.2) is 54.6 Å². The van der Waals surface area contributed by atoms with Crippen LogP contribution in [0, 0.1) is 0 Å². The van der Waals surface area contributed by atoms with Crippen molar-refractivity contribution in [1.29, 1.82) is 0 Å². The first kappa shape index (κ1) is 18.8. The van der Waals surface area contributed by atoms with Crippen LogP contribution >= 0.6 is 12.4 Å². The van der Waals surface area contributed by atoms with Gasteiger partial charge in [-0.05, 0) is 31.3 Å². The predicted molar refractivity (Wildman–Crippen MR) is 93.7 cm³/mol. The number of amides is 1. The Balaban J connectivity index is 0.00000264. The second-order valence-electron chi connectivity index (χ2n) is 4.58. The topological polar surface area (TPSA) is 59.6 Å². The molecule has 0 bridgehead atoms. The van der Waals surface area contributed by atoms with Crippen molar-refractivity contribution in [3.05, 3.63) is 54.6 Å². The number of likely N-dealkylation sites (N-methyl/N-ethyl adjacent to an activating group) is 1. The third-order valence-corrected chi connectivity index (χ3v) is 2.85. The van der Waals surface area contributed by atoms with E-state index in [1.807, 2.05) is 48.5 Å². The molecule has 0 aliphatic heterocycles. The van der Waals surface area contributed by atoms with Crippen molar-refractivity contribution >= 4 is 24.0 Å². The van der Waals surface area contributed by atoms with Gasteiger partial charge >= 0.3 is 0 Å². The maximum absolute atomic E-state index is 11.6. The lowest BCUT2D eigenvalue weighted by Gasteiger charge is -2.13. The van der Waals surface area contributed by atoms with Gasteiger partial charge in [0.15, 0.2) is 0 Å². The Morgan fingerprint density at radius 1 is 0.957 bits per heavy atom. The van der Waals surface area contributed by atoms with Crippen LogP contribution in [0.1, 0.15) is 0 Å². The molecule has 0 aliphatic carbocycles. The first-order valence-electron chi connectivity index (χ1n) is 7.13. The van der Waals surface area contributed by atoms with Gasteiger partial charge in [0.25, 0.3) is 0 Å². The van der Waals surface area contributed by atoms with Crippen LogP contribution in [0.2, 0.25) is 0 Å². The van der Waals surface area contributed by atoms with E-state index in [4.69, 9.17) is 9.47 Å². The molecule has 0 fully saturated rings. The number of hydrogen-bond donors (Lipinski definition) is 2. The number of halogens is 1. The highest BCUT2D eigenvalue weighted by Crippen LogP contribution is 2.23. The second-order valence-corrected chi connectivity index (χ2v) is 4.58. The summed E-state index contributed by atoms with van der Waals surface area (Å²) in [6.07, 6.45) is 0. The monoisotopic (exact) mass is 336 g/mol. The molecule has 2 aromatic rings. The molecule has 0 aliphatic rings. The molecule has 23 heavy (non-hydrogen) atoms. The number of carbonyl (C=O) groups excluding carboxylic acids is 1. The minimum Gasteiger partial charge on any atom is -0.490 e. The zero-order chi connectivity index (χ0) is 15.6. The molecule has 2 rings (SSSR count). The van der Waals surface area contributed by atoms with Crippen LogP contribution < -0.4 is 20.1 Å². The van der Waals surface area contributed by atoms with E-state index in [9.17, 15) is 4.79 Å². The number of anilines is 1. The minimum atomic E-state index is -0.112. The number of rotatable bonds is 8. The van der Waals surface area contributed by atoms with Crippen molar-refractivity contribution < 1.29 is 14.3 Å². The number of benzene rings is 2. The SMILES string of the molecule is CNCC(=O)Nc1ccccc1OCCOc1ccccc1.Cl. The zero-order valence-corrected chi connectivity index (χ0v) is 13.8. The Morgan fingerprint density at radius 3 is 2.35 bits per heavy atom. The number of nitrogens with one attached hydrogen (secondary N) is 2. The largest absolute Gasteiger partial charge is 0.490 e. The van der Waals surface area contributed by atoms with E-state index in [-0.39, 0.29) is 24.9 Å². The molecular weight excluding hydrogens is 316 g/mol. The maximum atomic E-state index is 11.6. The summed E-state index contributed by atoms with van der Waals surface area (Å²) in [5.74, 6) is 1.32. The van der Waals surface area contributed by atoms with Crippen molar-refractivity contribution in [1.82, 2.24) is 5.32 Å². The summed E-state index contributed by atoms with van der Waals surface area (Å²) in [7, 11) is 1.73. The van der Waals surface area contributed by atoms with Crippen molar-refractivity contribution in [3.63, 3.8) is 0 Å². The predicted octanol–water partition coefficient (Wildman–Crippen LogP) is 2.72. The van der Waals surface area contributed by atoms with Crippen LogP contribution in [0.5, 0.6) is 11.5 Å². The zero-order valence-electron chi connectivity index (χ0n) is 13.0. The summed E-state index contributed by atoms with van der Waals surface area (Å²) >= 11 is 0. The summed E-state index contributed by atoms with van der Waals surface area (Å²) in [6.45, 7) is 1.09. The van der Waals surface area contributed by atoms with Gasteiger partial charge in [0.05, 0.1) is 12.2 Å². The van der Waals surface area contributed by atoms with Crippen molar-refractivity contribution in [3.8, 4) is 11.5 Å². The van der Waals surface area contributed by atoms with Crippen LogP contribution in [0.25, 0.3) is 0 Å². The van der Waals surface area contributed by atoms with E-state index in [0.717, 1.165) is 5.75 Å². The van der Waals surface area contributed by atoms with Crippen molar-refractivity contribution in [2.45, 2.75) is 0 Å².